The monoisotopic (exact) mass is 285 g/mol. The number of fused-ring (bicyclic) bond motifs is 1. The first-order valence-electron chi connectivity index (χ1n) is 5.50. The molecule has 1 N–H and O–H groups in total. The van der Waals surface area contributed by atoms with E-state index in [1.807, 2.05) is 24.3 Å². The summed E-state index contributed by atoms with van der Waals surface area (Å²) in [7, 11) is 0. The largest absolute Gasteiger partial charge is 0.463 e. The maximum absolute atomic E-state index is 12.2. The minimum atomic E-state index is -0.626. The third kappa shape index (κ3) is 2.47. The maximum Gasteiger partial charge on any atom is 0.255 e. The number of rotatable bonds is 4. The van der Waals surface area contributed by atoms with Crippen LogP contribution in [-0.2, 0) is 0 Å². The molecule has 0 atom stereocenters. The van der Waals surface area contributed by atoms with Gasteiger partial charge in [0.2, 0.25) is 0 Å². The zero-order valence-electron chi connectivity index (χ0n) is 9.87. The molecule has 0 saturated heterocycles. The molecule has 2 rings (SSSR count). The van der Waals surface area contributed by atoms with Crippen LogP contribution in [0.3, 0.4) is 0 Å². The van der Waals surface area contributed by atoms with E-state index in [1.165, 1.54) is 6.26 Å². The summed E-state index contributed by atoms with van der Waals surface area (Å²) in [5.41, 5.74) is 0.548. The maximum atomic E-state index is 12.2. The Balaban J connectivity index is 2.29. The second kappa shape index (κ2) is 5.21. The molecule has 0 aliphatic heterocycles. The van der Waals surface area contributed by atoms with Crippen LogP contribution < -0.4 is 5.32 Å². The minimum absolute atomic E-state index is 0.233. The van der Waals surface area contributed by atoms with Crippen LogP contribution in [0.25, 0.3) is 11.0 Å². The quantitative estimate of drug-likeness (QED) is 0.875. The standard InChI is InChI=1S/C13H13Cl2NO2/c1-13(7-14,8-15)16-12(17)10-6-18-11-5-3-2-4-9(10)11/h2-6H,7-8H2,1H3,(H,16,17). The van der Waals surface area contributed by atoms with E-state index in [1.54, 1.807) is 6.92 Å². The smallest absolute Gasteiger partial charge is 0.255 e. The minimum Gasteiger partial charge on any atom is -0.463 e. The van der Waals surface area contributed by atoms with Gasteiger partial charge in [0, 0.05) is 17.1 Å². The molecular weight excluding hydrogens is 273 g/mol. The summed E-state index contributed by atoms with van der Waals surface area (Å²) < 4.78 is 5.33. The Labute approximate surface area is 115 Å². The molecule has 0 aliphatic rings. The van der Waals surface area contributed by atoms with Crippen LogP contribution in [0.15, 0.2) is 34.9 Å². The van der Waals surface area contributed by atoms with E-state index in [9.17, 15) is 4.79 Å². The summed E-state index contributed by atoms with van der Waals surface area (Å²) >= 11 is 11.6. The summed E-state index contributed by atoms with van der Waals surface area (Å²) in [4.78, 5) is 12.2. The van der Waals surface area contributed by atoms with E-state index >= 15 is 0 Å². The molecule has 1 amide bonds. The van der Waals surface area contributed by atoms with E-state index < -0.39 is 5.54 Å². The van der Waals surface area contributed by atoms with Gasteiger partial charge in [-0.3, -0.25) is 4.79 Å². The Morgan fingerprint density at radius 3 is 2.67 bits per heavy atom. The van der Waals surface area contributed by atoms with Crippen molar-refractivity contribution in [1.82, 2.24) is 5.32 Å². The third-order valence-corrected chi connectivity index (χ3v) is 3.91. The Morgan fingerprint density at radius 1 is 1.33 bits per heavy atom. The van der Waals surface area contributed by atoms with Crippen molar-refractivity contribution in [3.05, 3.63) is 36.1 Å². The molecule has 0 saturated carbocycles. The number of halogens is 2. The lowest BCUT2D eigenvalue weighted by Crippen LogP contribution is -2.49. The van der Waals surface area contributed by atoms with E-state index in [-0.39, 0.29) is 17.7 Å². The van der Waals surface area contributed by atoms with Gasteiger partial charge in [-0.1, -0.05) is 18.2 Å². The first-order valence-corrected chi connectivity index (χ1v) is 6.57. The molecule has 0 aliphatic carbocycles. The second-order valence-corrected chi connectivity index (χ2v) is 4.96. The van der Waals surface area contributed by atoms with Crippen LogP contribution in [0.1, 0.15) is 17.3 Å². The number of carbonyl (C=O) groups is 1. The van der Waals surface area contributed by atoms with Crippen LogP contribution in [0.4, 0.5) is 0 Å². The molecule has 18 heavy (non-hydrogen) atoms. The second-order valence-electron chi connectivity index (χ2n) is 4.43. The van der Waals surface area contributed by atoms with Crippen LogP contribution in [0, 0.1) is 0 Å². The number of furan rings is 1. The molecule has 1 aromatic heterocycles. The predicted octanol–water partition coefficient (Wildman–Crippen LogP) is 3.40. The summed E-state index contributed by atoms with van der Waals surface area (Å²) in [5.74, 6) is 0.263. The van der Waals surface area contributed by atoms with Crippen LogP contribution in [0.2, 0.25) is 0 Å². The SMILES string of the molecule is CC(CCl)(CCl)NC(=O)c1coc2ccccc12. The van der Waals surface area contributed by atoms with Gasteiger partial charge in [0.25, 0.3) is 5.91 Å². The lowest BCUT2D eigenvalue weighted by atomic mass is 10.1. The van der Waals surface area contributed by atoms with Crippen molar-refractivity contribution in [2.75, 3.05) is 11.8 Å². The predicted molar refractivity (Wildman–Crippen MR) is 73.5 cm³/mol. The Hall–Kier alpha value is -1.19. The Bertz CT molecular complexity index is 561. The molecule has 0 unspecified atom stereocenters. The Kier molecular flexibility index (Phi) is 3.83. The van der Waals surface area contributed by atoms with Crippen molar-refractivity contribution in [2.24, 2.45) is 0 Å². The average Bonchev–Trinajstić information content (AvgIpc) is 2.82. The summed E-state index contributed by atoms with van der Waals surface area (Å²) in [6.45, 7) is 1.80. The first-order chi connectivity index (χ1) is 8.59. The average molecular weight is 286 g/mol. The van der Waals surface area contributed by atoms with Gasteiger partial charge in [-0.2, -0.15) is 0 Å². The molecule has 5 heteroatoms. The van der Waals surface area contributed by atoms with Crippen LogP contribution in [-0.4, -0.2) is 23.2 Å². The van der Waals surface area contributed by atoms with E-state index in [4.69, 9.17) is 27.6 Å². The van der Waals surface area contributed by atoms with Crippen LogP contribution >= 0.6 is 23.2 Å². The molecule has 2 aromatic rings. The van der Waals surface area contributed by atoms with Gasteiger partial charge in [-0.15, -0.1) is 23.2 Å². The number of benzene rings is 1. The highest BCUT2D eigenvalue weighted by Crippen LogP contribution is 2.21. The molecule has 0 fully saturated rings. The van der Waals surface area contributed by atoms with Gasteiger partial charge in [-0.05, 0) is 13.0 Å². The number of amides is 1. The topological polar surface area (TPSA) is 42.2 Å². The zero-order chi connectivity index (χ0) is 13.2. The fourth-order valence-corrected chi connectivity index (χ4v) is 2.02. The van der Waals surface area contributed by atoms with Gasteiger partial charge in [0.1, 0.15) is 11.8 Å². The lowest BCUT2D eigenvalue weighted by molar-refractivity contribution is 0.0922. The van der Waals surface area contributed by atoms with Gasteiger partial charge < -0.3 is 9.73 Å². The third-order valence-electron chi connectivity index (χ3n) is 2.73. The fourth-order valence-electron chi connectivity index (χ4n) is 1.60. The molecular formula is C13H13Cl2NO2. The number of carbonyl (C=O) groups excluding carboxylic acids is 1. The highest BCUT2D eigenvalue weighted by atomic mass is 35.5. The summed E-state index contributed by atoms with van der Waals surface area (Å²) in [6.07, 6.45) is 1.45. The first kappa shape index (κ1) is 13.2. The Morgan fingerprint density at radius 2 is 2.00 bits per heavy atom. The summed E-state index contributed by atoms with van der Waals surface area (Å²) in [5, 5.41) is 3.60. The number of hydrogen-bond donors (Lipinski definition) is 1. The van der Waals surface area contributed by atoms with E-state index in [0.717, 1.165) is 5.39 Å². The van der Waals surface area contributed by atoms with Gasteiger partial charge in [-0.25, -0.2) is 0 Å². The highest BCUT2D eigenvalue weighted by molar-refractivity contribution is 6.22. The van der Waals surface area contributed by atoms with Crippen LogP contribution in [0.5, 0.6) is 0 Å². The summed E-state index contributed by atoms with van der Waals surface area (Å²) in [6, 6.07) is 7.37. The molecule has 0 radical (unpaired) electrons. The van der Waals surface area contributed by atoms with Gasteiger partial charge in [0.15, 0.2) is 0 Å². The van der Waals surface area contributed by atoms with Crippen molar-refractivity contribution in [2.45, 2.75) is 12.5 Å². The molecule has 0 spiro atoms. The van der Waals surface area contributed by atoms with E-state index in [2.05, 4.69) is 5.32 Å². The van der Waals surface area contributed by atoms with Gasteiger partial charge >= 0.3 is 0 Å². The van der Waals surface area contributed by atoms with Crippen molar-refractivity contribution in [3.8, 4) is 0 Å². The van der Waals surface area contributed by atoms with E-state index in [0.29, 0.717) is 11.1 Å². The number of hydrogen-bond acceptors (Lipinski definition) is 2. The molecule has 1 heterocycles. The zero-order valence-corrected chi connectivity index (χ0v) is 11.4. The van der Waals surface area contributed by atoms with Gasteiger partial charge in [0.05, 0.1) is 11.1 Å². The number of nitrogens with one attached hydrogen (secondary N) is 1. The van der Waals surface area contributed by atoms with Crippen molar-refractivity contribution >= 4 is 40.1 Å². The number of alkyl halides is 2. The molecule has 1 aromatic carbocycles. The molecule has 3 nitrogen and oxygen atoms in total. The highest BCUT2D eigenvalue weighted by Gasteiger charge is 2.26. The fraction of sp³-hybridized carbons (Fsp3) is 0.308. The molecule has 96 valence electrons. The molecule has 0 bridgehead atoms. The van der Waals surface area contributed by atoms with Crippen molar-refractivity contribution in [3.63, 3.8) is 0 Å². The lowest BCUT2D eigenvalue weighted by Gasteiger charge is -2.25. The normalized spacial score (nSPS) is 11.7. The van der Waals surface area contributed by atoms with Crippen molar-refractivity contribution in [1.29, 1.82) is 0 Å². The van der Waals surface area contributed by atoms with Crippen molar-refractivity contribution < 1.29 is 9.21 Å². The number of para-hydroxylation sites is 1.